The van der Waals surface area contributed by atoms with Gasteiger partial charge >= 0.3 is 0 Å². The number of benzene rings is 1. The molecule has 4 nitrogen and oxygen atoms in total. The highest BCUT2D eigenvalue weighted by Gasteiger charge is 2.07. The Labute approximate surface area is 107 Å². The fourth-order valence-corrected chi connectivity index (χ4v) is 1.83. The number of nitrogens with two attached hydrogens (primary N) is 2. The fourth-order valence-electron chi connectivity index (χ4n) is 1.83. The fraction of sp³-hybridized carbons (Fsp3) is 0.214. The molecule has 0 fully saturated rings. The van der Waals surface area contributed by atoms with Gasteiger partial charge in [0.05, 0.1) is 23.6 Å². The first-order chi connectivity index (χ1) is 8.70. The lowest BCUT2D eigenvalue weighted by Crippen LogP contribution is -2.22. The molecule has 0 aliphatic rings. The molecule has 0 saturated heterocycles. The lowest BCUT2D eigenvalue weighted by molar-refractivity contribution is 0.810. The zero-order valence-corrected chi connectivity index (χ0v) is 10.5. The first-order valence-corrected chi connectivity index (χ1v) is 6.00. The van der Waals surface area contributed by atoms with Crippen molar-refractivity contribution in [1.82, 2.24) is 4.98 Å². The molecule has 0 atom stereocenters. The van der Waals surface area contributed by atoms with E-state index in [0.29, 0.717) is 11.4 Å². The minimum atomic E-state index is 0.618. The van der Waals surface area contributed by atoms with Gasteiger partial charge in [0.2, 0.25) is 0 Å². The van der Waals surface area contributed by atoms with Crippen molar-refractivity contribution in [1.29, 1.82) is 0 Å². The lowest BCUT2D eigenvalue weighted by Gasteiger charge is -2.23. The molecule has 4 N–H and O–H groups in total. The van der Waals surface area contributed by atoms with Crippen molar-refractivity contribution in [3.63, 3.8) is 0 Å². The van der Waals surface area contributed by atoms with E-state index < -0.39 is 0 Å². The van der Waals surface area contributed by atoms with Gasteiger partial charge in [-0.25, -0.2) is 0 Å². The predicted molar refractivity (Wildman–Crippen MR) is 76.2 cm³/mol. The Balaban J connectivity index is 2.20. The topological polar surface area (TPSA) is 68.2 Å². The van der Waals surface area contributed by atoms with Gasteiger partial charge in [0.15, 0.2) is 0 Å². The molecule has 94 valence electrons. The summed E-state index contributed by atoms with van der Waals surface area (Å²) >= 11 is 0. The van der Waals surface area contributed by atoms with Crippen molar-refractivity contribution in [2.75, 3.05) is 22.9 Å². The van der Waals surface area contributed by atoms with Crippen LogP contribution in [0.1, 0.15) is 12.6 Å². The second kappa shape index (κ2) is 5.40. The van der Waals surface area contributed by atoms with Crippen LogP contribution in [0.25, 0.3) is 0 Å². The van der Waals surface area contributed by atoms with Crippen molar-refractivity contribution in [2.24, 2.45) is 0 Å². The van der Waals surface area contributed by atoms with Crippen LogP contribution in [0, 0.1) is 0 Å². The monoisotopic (exact) mass is 242 g/mol. The molecule has 1 aromatic carbocycles. The summed E-state index contributed by atoms with van der Waals surface area (Å²) in [6.07, 6.45) is 1.81. The summed E-state index contributed by atoms with van der Waals surface area (Å²) in [4.78, 5) is 6.54. The van der Waals surface area contributed by atoms with E-state index in [0.717, 1.165) is 24.5 Å². The van der Waals surface area contributed by atoms with Gasteiger partial charge < -0.3 is 16.4 Å². The highest BCUT2D eigenvalue weighted by Crippen LogP contribution is 2.23. The lowest BCUT2D eigenvalue weighted by atomic mass is 10.2. The molecule has 0 saturated carbocycles. The number of pyridine rings is 1. The van der Waals surface area contributed by atoms with Crippen LogP contribution in [0.2, 0.25) is 0 Å². The Bertz CT molecular complexity index is 510. The summed E-state index contributed by atoms with van der Waals surface area (Å²) in [5.74, 6) is 0. The molecule has 0 amide bonds. The molecule has 0 radical (unpaired) electrons. The van der Waals surface area contributed by atoms with Crippen molar-refractivity contribution >= 4 is 17.1 Å². The van der Waals surface area contributed by atoms with Gasteiger partial charge in [0, 0.05) is 18.4 Å². The first-order valence-electron chi connectivity index (χ1n) is 6.00. The molecule has 18 heavy (non-hydrogen) atoms. The van der Waals surface area contributed by atoms with Crippen molar-refractivity contribution in [2.45, 2.75) is 13.5 Å². The smallest absolute Gasteiger partial charge is 0.0601 e. The van der Waals surface area contributed by atoms with Crippen LogP contribution in [0.15, 0.2) is 42.6 Å². The molecule has 1 aromatic heterocycles. The molecule has 1 heterocycles. The third kappa shape index (κ3) is 2.71. The van der Waals surface area contributed by atoms with Gasteiger partial charge in [-0.2, -0.15) is 0 Å². The Morgan fingerprint density at radius 1 is 1.11 bits per heavy atom. The Kier molecular flexibility index (Phi) is 3.67. The maximum absolute atomic E-state index is 5.84. The van der Waals surface area contributed by atoms with Crippen LogP contribution in [-0.4, -0.2) is 11.5 Å². The number of hydrogen-bond donors (Lipinski definition) is 2. The van der Waals surface area contributed by atoms with Crippen molar-refractivity contribution in [3.8, 4) is 0 Å². The maximum Gasteiger partial charge on any atom is 0.0601 e. The van der Waals surface area contributed by atoms with E-state index in [1.54, 1.807) is 6.20 Å². The molecule has 4 heteroatoms. The van der Waals surface area contributed by atoms with E-state index in [1.165, 1.54) is 0 Å². The van der Waals surface area contributed by atoms with Gasteiger partial charge in [0.1, 0.15) is 0 Å². The predicted octanol–water partition coefficient (Wildman–Crippen LogP) is 2.27. The SMILES string of the molecule is CCN(Cc1ccccn1)c1ccc(N)c(N)c1. The summed E-state index contributed by atoms with van der Waals surface area (Å²) in [6, 6.07) is 11.7. The summed E-state index contributed by atoms with van der Waals surface area (Å²) < 4.78 is 0. The molecule has 0 aliphatic heterocycles. The van der Waals surface area contributed by atoms with Gasteiger partial charge in [-0.05, 0) is 37.3 Å². The van der Waals surface area contributed by atoms with Crippen molar-refractivity contribution < 1.29 is 0 Å². The first kappa shape index (κ1) is 12.2. The van der Waals surface area contributed by atoms with E-state index in [-0.39, 0.29) is 0 Å². The van der Waals surface area contributed by atoms with Crippen LogP contribution in [0.4, 0.5) is 17.1 Å². The normalized spacial score (nSPS) is 10.3. The van der Waals surface area contributed by atoms with E-state index >= 15 is 0 Å². The zero-order valence-electron chi connectivity index (χ0n) is 10.5. The Morgan fingerprint density at radius 3 is 2.56 bits per heavy atom. The van der Waals surface area contributed by atoms with E-state index in [2.05, 4.69) is 16.8 Å². The molecular weight excluding hydrogens is 224 g/mol. The third-order valence-corrected chi connectivity index (χ3v) is 2.90. The molecule has 2 rings (SSSR count). The van der Waals surface area contributed by atoms with E-state index in [4.69, 9.17) is 11.5 Å². The van der Waals surface area contributed by atoms with E-state index in [9.17, 15) is 0 Å². The second-order valence-corrected chi connectivity index (χ2v) is 4.15. The summed E-state index contributed by atoms with van der Waals surface area (Å²) in [7, 11) is 0. The number of anilines is 3. The highest BCUT2D eigenvalue weighted by atomic mass is 15.1. The van der Waals surface area contributed by atoms with E-state index in [1.807, 2.05) is 36.4 Å². The van der Waals surface area contributed by atoms with Gasteiger partial charge in [-0.15, -0.1) is 0 Å². The average Bonchev–Trinajstić information content (AvgIpc) is 2.40. The molecule has 0 spiro atoms. The Hall–Kier alpha value is -2.23. The van der Waals surface area contributed by atoms with Crippen LogP contribution in [-0.2, 0) is 6.54 Å². The number of nitrogen functional groups attached to an aromatic ring is 2. The molecular formula is C14H18N4. The van der Waals surface area contributed by atoms with Crippen LogP contribution < -0.4 is 16.4 Å². The molecule has 0 unspecified atom stereocenters. The van der Waals surface area contributed by atoms with Gasteiger partial charge in [0.25, 0.3) is 0 Å². The zero-order chi connectivity index (χ0) is 13.0. The molecule has 0 aliphatic carbocycles. The van der Waals surface area contributed by atoms with Gasteiger partial charge in [-0.3, -0.25) is 4.98 Å². The minimum Gasteiger partial charge on any atom is -0.397 e. The summed E-state index contributed by atoms with van der Waals surface area (Å²) in [5, 5.41) is 0. The molecule has 0 bridgehead atoms. The van der Waals surface area contributed by atoms with Crippen LogP contribution in [0.3, 0.4) is 0 Å². The molecule has 2 aromatic rings. The standard InChI is InChI=1S/C14H18N4/c1-2-18(10-11-5-3-4-8-17-11)12-6-7-13(15)14(16)9-12/h3-9H,2,10,15-16H2,1H3. The minimum absolute atomic E-state index is 0.618. The summed E-state index contributed by atoms with van der Waals surface area (Å²) in [6.45, 7) is 3.76. The Morgan fingerprint density at radius 2 is 1.94 bits per heavy atom. The quantitative estimate of drug-likeness (QED) is 0.807. The van der Waals surface area contributed by atoms with Crippen LogP contribution >= 0.6 is 0 Å². The van der Waals surface area contributed by atoms with Crippen LogP contribution in [0.5, 0.6) is 0 Å². The maximum atomic E-state index is 5.84. The summed E-state index contributed by atoms with van der Waals surface area (Å²) in [5.41, 5.74) is 14.9. The number of nitrogens with zero attached hydrogens (tertiary/aromatic N) is 2. The number of rotatable bonds is 4. The number of hydrogen-bond acceptors (Lipinski definition) is 4. The largest absolute Gasteiger partial charge is 0.397 e. The highest BCUT2D eigenvalue weighted by molar-refractivity contribution is 5.69. The van der Waals surface area contributed by atoms with Crippen molar-refractivity contribution in [3.05, 3.63) is 48.3 Å². The number of aromatic nitrogens is 1. The second-order valence-electron chi connectivity index (χ2n) is 4.15. The van der Waals surface area contributed by atoms with Gasteiger partial charge in [-0.1, -0.05) is 6.07 Å². The average molecular weight is 242 g/mol. The third-order valence-electron chi connectivity index (χ3n) is 2.90.